The lowest BCUT2D eigenvalue weighted by molar-refractivity contribution is 0.577. The van der Waals surface area contributed by atoms with Gasteiger partial charge < -0.3 is 16.0 Å². The van der Waals surface area contributed by atoms with Gasteiger partial charge in [-0.25, -0.2) is 9.07 Å². The van der Waals surface area contributed by atoms with Gasteiger partial charge in [0.1, 0.15) is 11.5 Å². The van der Waals surface area contributed by atoms with Crippen LogP contribution in [0.1, 0.15) is 16.7 Å². The molecule has 32 heavy (non-hydrogen) atoms. The summed E-state index contributed by atoms with van der Waals surface area (Å²) in [5.41, 5.74) is 9.96. The molecule has 0 radical (unpaired) electrons. The largest absolute Gasteiger partial charge is 0.364 e. The van der Waals surface area contributed by atoms with Crippen LogP contribution < -0.4 is 21.5 Å². The van der Waals surface area contributed by atoms with Gasteiger partial charge in [0.05, 0.1) is 12.2 Å². The highest BCUT2D eigenvalue weighted by Gasteiger charge is 2.22. The molecule has 3 N–H and O–H groups in total. The van der Waals surface area contributed by atoms with Crippen molar-refractivity contribution in [1.29, 1.82) is 0 Å². The third kappa shape index (κ3) is 4.64. The molecule has 0 amide bonds. The minimum Gasteiger partial charge on any atom is -0.364 e. The Balaban J connectivity index is 1.79. The highest BCUT2D eigenvalue weighted by Crippen LogP contribution is 2.28. The van der Waals surface area contributed by atoms with Gasteiger partial charge >= 0.3 is 0 Å². The van der Waals surface area contributed by atoms with Gasteiger partial charge in [0.15, 0.2) is 0 Å². The monoisotopic (exact) mass is 433 g/mol. The normalized spacial score (nSPS) is 14.3. The molecule has 2 heterocycles. The minimum atomic E-state index is -0.338. The molecule has 7 heteroatoms. The van der Waals surface area contributed by atoms with E-state index >= 15 is 0 Å². The van der Waals surface area contributed by atoms with Crippen LogP contribution in [0.5, 0.6) is 0 Å². The zero-order valence-electron chi connectivity index (χ0n) is 18.2. The van der Waals surface area contributed by atoms with Crippen LogP contribution in [-0.4, -0.2) is 36.0 Å². The summed E-state index contributed by atoms with van der Waals surface area (Å²) in [4.78, 5) is 15.5. The number of aromatic nitrogens is 2. The van der Waals surface area contributed by atoms with E-state index in [9.17, 15) is 9.18 Å². The zero-order valence-corrected chi connectivity index (χ0v) is 18.2. The molecule has 0 atom stereocenters. The number of benzene rings is 2. The van der Waals surface area contributed by atoms with E-state index in [1.54, 1.807) is 12.1 Å². The number of piperazine rings is 1. The van der Waals surface area contributed by atoms with Crippen molar-refractivity contribution >= 4 is 11.8 Å². The van der Waals surface area contributed by atoms with Gasteiger partial charge in [-0.2, -0.15) is 5.10 Å². The van der Waals surface area contributed by atoms with Crippen molar-refractivity contribution in [2.75, 3.05) is 31.1 Å². The summed E-state index contributed by atoms with van der Waals surface area (Å²) in [5.74, 6) is -0.338. The molecular formula is C25H28FN5O. The average molecular weight is 434 g/mol. The number of halogens is 1. The number of nitrogens with two attached hydrogens (primary N) is 1. The number of nitrogens with zero attached hydrogens (tertiary/aromatic N) is 3. The molecule has 0 saturated carbocycles. The molecule has 6 nitrogen and oxygen atoms in total. The molecule has 0 bridgehead atoms. The van der Waals surface area contributed by atoms with Gasteiger partial charge in [0.25, 0.3) is 5.56 Å². The summed E-state index contributed by atoms with van der Waals surface area (Å²) in [6.07, 6.45) is 3.91. The van der Waals surface area contributed by atoms with Crippen LogP contribution in [0, 0.1) is 12.7 Å². The maximum atomic E-state index is 14.0. The second-order valence-electron chi connectivity index (χ2n) is 7.87. The quantitative estimate of drug-likeness (QED) is 0.625. The first-order valence-electron chi connectivity index (χ1n) is 10.9. The van der Waals surface area contributed by atoms with Crippen LogP contribution in [0.2, 0.25) is 0 Å². The fraction of sp³-hybridized carbons (Fsp3) is 0.280. The van der Waals surface area contributed by atoms with Crippen LogP contribution in [0.15, 0.2) is 59.4 Å². The Morgan fingerprint density at radius 1 is 1.16 bits per heavy atom. The minimum absolute atomic E-state index is 0.100. The standard InChI is InChI=1S/C25H28FN5O/c1-18-23(20-9-10-22(26)21(16-20)17-27)29-31(13-5-8-19-6-3-2-4-7-19)25(32)24(18)30-14-11-28-12-15-30/h2-10,16,28H,11-15,17,27H2,1H3. The van der Waals surface area contributed by atoms with Gasteiger partial charge in [-0.1, -0.05) is 42.5 Å². The van der Waals surface area contributed by atoms with E-state index in [0.717, 1.165) is 42.9 Å². The fourth-order valence-electron chi connectivity index (χ4n) is 4.03. The van der Waals surface area contributed by atoms with Crippen molar-refractivity contribution in [1.82, 2.24) is 15.1 Å². The summed E-state index contributed by atoms with van der Waals surface area (Å²) in [7, 11) is 0. The predicted molar refractivity (Wildman–Crippen MR) is 127 cm³/mol. The number of hydrogen-bond acceptors (Lipinski definition) is 5. The SMILES string of the molecule is Cc1c(-c2ccc(F)c(CN)c2)nn(CC=Cc2ccccc2)c(=O)c1N1CCNCC1. The smallest absolute Gasteiger partial charge is 0.290 e. The highest BCUT2D eigenvalue weighted by molar-refractivity contribution is 5.70. The number of hydrogen-bond donors (Lipinski definition) is 2. The van der Waals surface area contributed by atoms with E-state index in [-0.39, 0.29) is 17.9 Å². The summed E-state index contributed by atoms with van der Waals surface area (Å²) < 4.78 is 15.5. The van der Waals surface area contributed by atoms with E-state index in [4.69, 9.17) is 5.73 Å². The molecule has 1 fully saturated rings. The summed E-state index contributed by atoms with van der Waals surface area (Å²) in [6.45, 7) is 5.48. The number of nitrogens with one attached hydrogen (secondary N) is 1. The summed E-state index contributed by atoms with van der Waals surface area (Å²) in [6, 6.07) is 14.8. The van der Waals surface area contributed by atoms with E-state index < -0.39 is 0 Å². The summed E-state index contributed by atoms with van der Waals surface area (Å²) >= 11 is 0. The zero-order chi connectivity index (χ0) is 22.5. The molecule has 0 spiro atoms. The second-order valence-corrected chi connectivity index (χ2v) is 7.87. The van der Waals surface area contributed by atoms with Gasteiger partial charge in [0.2, 0.25) is 0 Å². The number of anilines is 1. The number of rotatable bonds is 6. The average Bonchev–Trinajstić information content (AvgIpc) is 2.82. The highest BCUT2D eigenvalue weighted by atomic mass is 19.1. The third-order valence-electron chi connectivity index (χ3n) is 5.73. The molecule has 166 valence electrons. The molecule has 1 aromatic heterocycles. The van der Waals surface area contributed by atoms with Crippen LogP contribution in [0.25, 0.3) is 17.3 Å². The second kappa shape index (κ2) is 9.89. The first kappa shape index (κ1) is 21.9. The lowest BCUT2D eigenvalue weighted by Crippen LogP contribution is -2.46. The first-order valence-corrected chi connectivity index (χ1v) is 10.9. The lowest BCUT2D eigenvalue weighted by Gasteiger charge is -2.30. The van der Waals surface area contributed by atoms with Crippen LogP contribution >= 0.6 is 0 Å². The maximum absolute atomic E-state index is 14.0. The summed E-state index contributed by atoms with van der Waals surface area (Å²) in [5, 5.41) is 8.01. The van der Waals surface area contributed by atoms with E-state index in [2.05, 4.69) is 15.3 Å². The Morgan fingerprint density at radius 2 is 1.91 bits per heavy atom. The Kier molecular flexibility index (Phi) is 6.78. The topological polar surface area (TPSA) is 76.2 Å². The van der Waals surface area contributed by atoms with Gasteiger partial charge in [-0.05, 0) is 30.7 Å². The van der Waals surface area contributed by atoms with Crippen molar-refractivity contribution < 1.29 is 4.39 Å². The van der Waals surface area contributed by atoms with Gasteiger partial charge in [-0.15, -0.1) is 0 Å². The first-order chi connectivity index (χ1) is 15.6. The van der Waals surface area contributed by atoms with Crippen molar-refractivity contribution in [3.63, 3.8) is 0 Å². The number of allylic oxidation sites excluding steroid dienone is 1. The van der Waals surface area contributed by atoms with Crippen molar-refractivity contribution in [3.05, 3.63) is 87.5 Å². The van der Waals surface area contributed by atoms with Crippen LogP contribution in [0.4, 0.5) is 10.1 Å². The molecule has 0 aliphatic carbocycles. The molecule has 3 aromatic rings. The Bertz CT molecular complexity index is 1170. The predicted octanol–water partition coefficient (Wildman–Crippen LogP) is 2.94. The van der Waals surface area contributed by atoms with Gasteiger partial charge in [0, 0.05) is 49.4 Å². The fourth-order valence-corrected chi connectivity index (χ4v) is 4.03. The van der Waals surface area contributed by atoms with Crippen LogP contribution in [-0.2, 0) is 13.1 Å². The molecule has 1 aliphatic heterocycles. The molecule has 1 aliphatic rings. The Labute approximate surface area is 187 Å². The molecule has 4 rings (SSSR count). The lowest BCUT2D eigenvalue weighted by atomic mass is 10.0. The molecular weight excluding hydrogens is 405 g/mol. The third-order valence-corrected chi connectivity index (χ3v) is 5.73. The molecule has 2 aromatic carbocycles. The Morgan fingerprint density at radius 3 is 2.62 bits per heavy atom. The van der Waals surface area contributed by atoms with E-state index in [0.29, 0.717) is 23.5 Å². The maximum Gasteiger partial charge on any atom is 0.290 e. The molecule has 0 unspecified atom stereocenters. The Hall–Kier alpha value is -3.29. The van der Waals surface area contributed by atoms with Crippen LogP contribution in [0.3, 0.4) is 0 Å². The van der Waals surface area contributed by atoms with Crippen molar-refractivity contribution in [3.8, 4) is 11.3 Å². The van der Waals surface area contributed by atoms with E-state index in [1.807, 2.05) is 49.4 Å². The van der Waals surface area contributed by atoms with Crippen molar-refractivity contribution in [2.45, 2.75) is 20.0 Å². The van der Waals surface area contributed by atoms with E-state index in [1.165, 1.54) is 10.7 Å². The molecule has 1 saturated heterocycles. The van der Waals surface area contributed by atoms with Crippen molar-refractivity contribution in [2.24, 2.45) is 5.73 Å². The van der Waals surface area contributed by atoms with Gasteiger partial charge in [-0.3, -0.25) is 4.79 Å².